The number of carbonyl (C=O) groups is 2. The van der Waals surface area contributed by atoms with Crippen molar-refractivity contribution >= 4 is 34.8 Å². The van der Waals surface area contributed by atoms with Crippen LogP contribution in [0.3, 0.4) is 0 Å². The van der Waals surface area contributed by atoms with Gasteiger partial charge in [0.15, 0.2) is 0 Å². The lowest BCUT2D eigenvalue weighted by atomic mass is 9.92. The summed E-state index contributed by atoms with van der Waals surface area (Å²) in [6.07, 6.45) is 0.779. The van der Waals surface area contributed by atoms with Gasteiger partial charge in [0.25, 0.3) is 5.91 Å². The number of benzene rings is 3. The number of anilines is 2. The number of rotatable bonds is 3. The van der Waals surface area contributed by atoms with Crippen LogP contribution in [0.4, 0.5) is 11.4 Å². The van der Waals surface area contributed by atoms with Crippen LogP contribution in [0.1, 0.15) is 33.8 Å². The largest absolute Gasteiger partial charge is 0.336 e. The summed E-state index contributed by atoms with van der Waals surface area (Å²) in [4.78, 5) is 33.2. The molecule has 2 fully saturated rings. The minimum atomic E-state index is -0.554. The molecule has 6 heteroatoms. The minimum absolute atomic E-state index is 0.0232. The third-order valence-electron chi connectivity index (χ3n) is 7.59. The van der Waals surface area contributed by atoms with Crippen LogP contribution in [0.2, 0.25) is 5.02 Å². The monoisotopic (exact) mass is 471 g/mol. The average molecular weight is 472 g/mol. The van der Waals surface area contributed by atoms with Gasteiger partial charge in [-0.3, -0.25) is 14.5 Å². The van der Waals surface area contributed by atoms with Crippen LogP contribution >= 0.6 is 11.6 Å². The van der Waals surface area contributed by atoms with Gasteiger partial charge in [-0.25, -0.2) is 0 Å². The first kappa shape index (κ1) is 21.4. The molecular formula is C28H26ClN3O2. The molecular weight excluding hydrogens is 446 g/mol. The lowest BCUT2D eigenvalue weighted by molar-refractivity contribution is -0.119. The van der Waals surface area contributed by atoms with Crippen molar-refractivity contribution in [2.75, 3.05) is 38.1 Å². The molecule has 3 aromatic rings. The lowest BCUT2D eigenvalue weighted by Gasteiger charge is -2.32. The summed E-state index contributed by atoms with van der Waals surface area (Å²) < 4.78 is 0. The van der Waals surface area contributed by atoms with Crippen LogP contribution in [-0.2, 0) is 10.2 Å². The Balaban J connectivity index is 1.34. The number of fused-ring (bicyclic) bond motifs is 2. The maximum atomic E-state index is 14.0. The van der Waals surface area contributed by atoms with E-state index in [0.717, 1.165) is 55.1 Å². The number of hydrogen-bond acceptors (Lipinski definition) is 3. The third kappa shape index (κ3) is 3.26. The molecule has 3 aromatic carbocycles. The Morgan fingerprint density at radius 3 is 2.44 bits per heavy atom. The SMILES string of the molecule is CN1CCN(C(=O)c2cccc(N3C(=O)[C@@]4(CC4c4ccc(Cl)cc4)c4ccccc43)c2)CC1. The molecule has 0 aromatic heterocycles. The van der Waals surface area contributed by atoms with Gasteiger partial charge in [-0.15, -0.1) is 0 Å². The average Bonchev–Trinajstić information content (AvgIpc) is 3.56. The molecule has 2 aliphatic heterocycles. The van der Waals surface area contributed by atoms with Crippen molar-refractivity contribution in [3.63, 3.8) is 0 Å². The molecule has 6 rings (SSSR count). The summed E-state index contributed by atoms with van der Waals surface area (Å²) in [6.45, 7) is 3.18. The topological polar surface area (TPSA) is 43.9 Å². The maximum Gasteiger partial charge on any atom is 0.254 e. The predicted octanol–water partition coefficient (Wildman–Crippen LogP) is 4.83. The number of nitrogens with zero attached hydrogens (tertiary/aromatic N) is 3. The normalized spacial score (nSPS) is 23.9. The van der Waals surface area contributed by atoms with Crippen molar-refractivity contribution in [1.82, 2.24) is 9.80 Å². The highest BCUT2D eigenvalue weighted by Gasteiger charge is 2.67. The first-order chi connectivity index (χ1) is 16.5. The van der Waals surface area contributed by atoms with E-state index in [1.165, 1.54) is 0 Å². The van der Waals surface area contributed by atoms with Crippen molar-refractivity contribution in [1.29, 1.82) is 0 Å². The molecule has 1 aliphatic carbocycles. The van der Waals surface area contributed by atoms with E-state index in [-0.39, 0.29) is 17.7 Å². The van der Waals surface area contributed by atoms with Crippen LogP contribution in [0.15, 0.2) is 72.8 Å². The summed E-state index contributed by atoms with van der Waals surface area (Å²) in [5, 5.41) is 0.694. The highest BCUT2D eigenvalue weighted by atomic mass is 35.5. The molecule has 0 bridgehead atoms. The number of likely N-dealkylation sites (N-methyl/N-ethyl adjacent to an activating group) is 1. The third-order valence-corrected chi connectivity index (χ3v) is 7.84. The second-order valence-corrected chi connectivity index (χ2v) is 10.0. The molecule has 1 spiro atoms. The Labute approximate surface area is 204 Å². The molecule has 34 heavy (non-hydrogen) atoms. The number of carbonyl (C=O) groups excluding carboxylic acids is 2. The van der Waals surface area contributed by atoms with Crippen molar-refractivity contribution in [3.05, 3.63) is 94.5 Å². The summed E-state index contributed by atoms with van der Waals surface area (Å²) >= 11 is 6.10. The standard InChI is InChI=1S/C28H26ClN3O2/c1-30-13-15-31(16-14-30)26(33)20-5-4-6-22(17-20)32-25-8-3-2-7-23(25)28(27(32)34)18-24(28)19-9-11-21(29)12-10-19/h2-12,17,24H,13-16,18H2,1H3/t24?,28-/m0/s1. The van der Waals surface area contributed by atoms with Gasteiger partial charge < -0.3 is 9.80 Å². The highest BCUT2D eigenvalue weighted by molar-refractivity contribution is 6.30. The maximum absolute atomic E-state index is 14.0. The van der Waals surface area contributed by atoms with Gasteiger partial charge in [0.1, 0.15) is 0 Å². The van der Waals surface area contributed by atoms with Gasteiger partial charge >= 0.3 is 0 Å². The van der Waals surface area contributed by atoms with Gasteiger partial charge in [-0.05, 0) is 61.0 Å². The van der Waals surface area contributed by atoms with E-state index in [1.807, 2.05) is 76.5 Å². The Bertz CT molecular complexity index is 1280. The van der Waals surface area contributed by atoms with E-state index in [9.17, 15) is 9.59 Å². The van der Waals surface area contributed by atoms with Crippen molar-refractivity contribution in [3.8, 4) is 0 Å². The molecule has 1 saturated heterocycles. The first-order valence-corrected chi connectivity index (χ1v) is 12.1. The number of amides is 2. The van der Waals surface area contributed by atoms with Gasteiger partial charge in [-0.1, -0.05) is 48.0 Å². The molecule has 3 aliphatic rings. The Morgan fingerprint density at radius 2 is 1.68 bits per heavy atom. The summed E-state index contributed by atoms with van der Waals surface area (Å²) in [5.41, 5.74) is 3.92. The summed E-state index contributed by atoms with van der Waals surface area (Å²) in [6, 6.07) is 23.4. The number of hydrogen-bond donors (Lipinski definition) is 0. The zero-order valence-electron chi connectivity index (χ0n) is 19.1. The predicted molar refractivity (Wildman–Crippen MR) is 134 cm³/mol. The Morgan fingerprint density at radius 1 is 0.941 bits per heavy atom. The van der Waals surface area contributed by atoms with E-state index in [1.54, 1.807) is 0 Å². The lowest BCUT2D eigenvalue weighted by Crippen LogP contribution is -2.47. The van der Waals surface area contributed by atoms with Gasteiger partial charge in [-0.2, -0.15) is 0 Å². The molecule has 0 radical (unpaired) electrons. The van der Waals surface area contributed by atoms with Gasteiger partial charge in [0, 0.05) is 48.4 Å². The second kappa shape index (κ2) is 7.97. The fourth-order valence-electron chi connectivity index (χ4n) is 5.59. The van der Waals surface area contributed by atoms with Gasteiger partial charge in [0.05, 0.1) is 11.1 Å². The summed E-state index contributed by atoms with van der Waals surface area (Å²) in [5.74, 6) is 0.228. The van der Waals surface area contributed by atoms with Crippen molar-refractivity contribution in [2.45, 2.75) is 17.8 Å². The van der Waals surface area contributed by atoms with Crippen LogP contribution in [0, 0.1) is 0 Å². The van der Waals surface area contributed by atoms with E-state index < -0.39 is 5.41 Å². The van der Waals surface area contributed by atoms with Crippen LogP contribution in [-0.4, -0.2) is 54.8 Å². The molecule has 1 saturated carbocycles. The Hall–Kier alpha value is -3.15. The number of para-hydroxylation sites is 1. The zero-order chi connectivity index (χ0) is 23.4. The molecule has 2 amide bonds. The van der Waals surface area contributed by atoms with E-state index in [4.69, 9.17) is 11.6 Å². The second-order valence-electron chi connectivity index (χ2n) is 9.58. The molecule has 1 unspecified atom stereocenters. The van der Waals surface area contributed by atoms with Gasteiger partial charge in [0.2, 0.25) is 5.91 Å². The van der Waals surface area contributed by atoms with Crippen LogP contribution in [0.5, 0.6) is 0 Å². The van der Waals surface area contributed by atoms with E-state index in [0.29, 0.717) is 10.6 Å². The molecule has 2 atom stereocenters. The van der Waals surface area contributed by atoms with E-state index >= 15 is 0 Å². The number of piperazine rings is 1. The minimum Gasteiger partial charge on any atom is -0.336 e. The van der Waals surface area contributed by atoms with Crippen LogP contribution < -0.4 is 4.90 Å². The molecule has 2 heterocycles. The quantitative estimate of drug-likeness (QED) is 0.549. The Kier molecular flexibility index (Phi) is 5.01. The first-order valence-electron chi connectivity index (χ1n) is 11.8. The van der Waals surface area contributed by atoms with E-state index in [2.05, 4.69) is 18.0 Å². The smallest absolute Gasteiger partial charge is 0.254 e. The fourth-order valence-corrected chi connectivity index (χ4v) is 5.72. The van der Waals surface area contributed by atoms with Crippen molar-refractivity contribution in [2.24, 2.45) is 0 Å². The zero-order valence-corrected chi connectivity index (χ0v) is 19.8. The van der Waals surface area contributed by atoms with Crippen LogP contribution in [0.25, 0.3) is 0 Å². The molecule has 0 N–H and O–H groups in total. The number of halogens is 1. The van der Waals surface area contributed by atoms with Crippen molar-refractivity contribution < 1.29 is 9.59 Å². The molecule has 5 nitrogen and oxygen atoms in total. The highest BCUT2D eigenvalue weighted by Crippen LogP contribution is 2.67. The molecule has 172 valence electrons. The fraction of sp³-hybridized carbons (Fsp3) is 0.286. The summed E-state index contributed by atoms with van der Waals surface area (Å²) in [7, 11) is 2.07.